The number of methoxy groups -OCH3 is 1. The quantitative estimate of drug-likeness (QED) is 0.477. The highest BCUT2D eigenvalue weighted by molar-refractivity contribution is 5.89. The van der Waals surface area contributed by atoms with Crippen molar-refractivity contribution in [3.8, 4) is 0 Å². The molecule has 1 N–H and O–H groups in total. The van der Waals surface area contributed by atoms with E-state index in [1.165, 1.54) is 64.0 Å². The van der Waals surface area contributed by atoms with Gasteiger partial charge in [0.05, 0.1) is 7.11 Å². The number of allylic oxidation sites excluding steroid dienone is 3. The average molecular weight is 492 g/mol. The maximum Gasteiger partial charge on any atom is 0.333 e. The molecule has 6 fully saturated rings. The van der Waals surface area contributed by atoms with Crippen LogP contribution >= 0.6 is 0 Å². The molecule has 0 radical (unpaired) electrons. The van der Waals surface area contributed by atoms with Crippen molar-refractivity contribution in [3.63, 3.8) is 0 Å². The van der Waals surface area contributed by atoms with Gasteiger partial charge in [-0.05, 0) is 141 Å². The minimum absolute atomic E-state index is 0.139. The van der Waals surface area contributed by atoms with Crippen molar-refractivity contribution in [2.75, 3.05) is 7.11 Å². The van der Waals surface area contributed by atoms with Crippen molar-refractivity contribution in [2.45, 2.75) is 96.9 Å². The first-order valence-corrected chi connectivity index (χ1v) is 15.1. The minimum atomic E-state index is -0.167. The number of fused-ring (bicyclic) bond motifs is 5. The monoisotopic (exact) mass is 491 g/mol. The van der Waals surface area contributed by atoms with Gasteiger partial charge in [0.15, 0.2) is 0 Å². The standard InChI is InChI=1S/C32H45NO3/c1-31-10-8-20(30(35)36-3)17-23(31)4-5-24-25-6-7-27(32(25,2)11-9-26(24)31)29(34)33-28-21-13-18-12-19(15-21)16-22(28)14-18/h4,17-19,21-22,24-28H,5-16H2,1-3H3,(H,33,34)/t18?,19?,21?,22?,24-,25-,26-,27+,28?,31-,32-/m0/s1. The fraction of sp³-hybridized carbons (Fsp3) is 0.812. The SMILES string of the molecule is COC(=O)C1=CC2=CC[C@H]3[C@@H]4CC[C@H](C(=O)NC5C6CC7CC(C6)CC5C7)[C@@]4(C)CC[C@@H]3[C@@]2(C)CC1. The largest absolute Gasteiger partial charge is 0.466 e. The maximum absolute atomic E-state index is 13.9. The van der Waals surface area contributed by atoms with Gasteiger partial charge < -0.3 is 10.1 Å². The van der Waals surface area contributed by atoms with Crippen LogP contribution in [0, 0.1) is 58.2 Å². The molecule has 0 aliphatic heterocycles. The third-order valence-electron chi connectivity index (χ3n) is 13.1. The molecule has 4 heteroatoms. The van der Waals surface area contributed by atoms with E-state index in [4.69, 9.17) is 4.74 Å². The lowest BCUT2D eigenvalue weighted by Gasteiger charge is -2.57. The molecule has 1 amide bonds. The highest BCUT2D eigenvalue weighted by Gasteiger charge is 2.60. The van der Waals surface area contributed by atoms with Crippen LogP contribution in [-0.4, -0.2) is 25.0 Å². The van der Waals surface area contributed by atoms with Gasteiger partial charge in [0.1, 0.15) is 0 Å². The number of nitrogens with one attached hydrogen (secondary N) is 1. The van der Waals surface area contributed by atoms with Gasteiger partial charge in [-0.15, -0.1) is 0 Å². The normalized spacial score (nSPS) is 50.4. The summed E-state index contributed by atoms with van der Waals surface area (Å²) in [6.07, 6.45) is 19.2. The Morgan fingerprint density at radius 3 is 2.36 bits per heavy atom. The van der Waals surface area contributed by atoms with Gasteiger partial charge in [-0.3, -0.25) is 4.79 Å². The predicted molar refractivity (Wildman–Crippen MR) is 140 cm³/mol. The topological polar surface area (TPSA) is 55.4 Å². The summed E-state index contributed by atoms with van der Waals surface area (Å²) in [6, 6.07) is 0.460. The number of rotatable bonds is 3. The zero-order valence-corrected chi connectivity index (χ0v) is 22.6. The van der Waals surface area contributed by atoms with Crippen LogP contribution in [-0.2, 0) is 14.3 Å². The second-order valence-corrected chi connectivity index (χ2v) is 14.5. The van der Waals surface area contributed by atoms with Crippen molar-refractivity contribution in [3.05, 3.63) is 23.3 Å². The van der Waals surface area contributed by atoms with Crippen molar-refractivity contribution in [2.24, 2.45) is 58.2 Å². The zero-order valence-electron chi connectivity index (χ0n) is 22.6. The lowest BCUT2D eigenvalue weighted by molar-refractivity contribution is -0.136. The fourth-order valence-electron chi connectivity index (χ4n) is 11.5. The smallest absolute Gasteiger partial charge is 0.333 e. The van der Waals surface area contributed by atoms with Crippen molar-refractivity contribution >= 4 is 11.9 Å². The van der Waals surface area contributed by atoms with Gasteiger partial charge in [0.25, 0.3) is 0 Å². The van der Waals surface area contributed by atoms with Crippen LogP contribution in [0.5, 0.6) is 0 Å². The van der Waals surface area contributed by atoms with Gasteiger partial charge >= 0.3 is 5.97 Å². The number of carbonyl (C=O) groups is 2. The molecule has 8 rings (SSSR count). The molecule has 0 heterocycles. The van der Waals surface area contributed by atoms with E-state index < -0.39 is 0 Å². The average Bonchev–Trinajstić information content (AvgIpc) is 3.22. The second-order valence-electron chi connectivity index (χ2n) is 14.5. The van der Waals surface area contributed by atoms with E-state index >= 15 is 0 Å². The van der Waals surface area contributed by atoms with Crippen LogP contribution in [0.2, 0.25) is 0 Å². The first-order chi connectivity index (χ1) is 17.3. The molecule has 0 spiro atoms. The molecule has 8 aliphatic carbocycles. The number of hydrogen-bond donors (Lipinski definition) is 1. The summed E-state index contributed by atoms with van der Waals surface area (Å²) in [4.78, 5) is 26.1. The van der Waals surface area contributed by atoms with E-state index in [9.17, 15) is 9.59 Å². The van der Waals surface area contributed by atoms with Gasteiger partial charge in [0, 0.05) is 17.5 Å². The number of amides is 1. The highest BCUT2D eigenvalue weighted by atomic mass is 16.5. The molecule has 4 bridgehead atoms. The number of hydrogen-bond acceptors (Lipinski definition) is 3. The van der Waals surface area contributed by atoms with Crippen molar-refractivity contribution in [1.82, 2.24) is 5.32 Å². The third-order valence-corrected chi connectivity index (χ3v) is 13.1. The van der Waals surface area contributed by atoms with Gasteiger partial charge in [-0.1, -0.05) is 19.9 Å². The van der Waals surface area contributed by atoms with Gasteiger partial charge in [-0.2, -0.15) is 0 Å². The number of esters is 1. The van der Waals surface area contributed by atoms with Crippen LogP contribution in [0.4, 0.5) is 0 Å². The Bertz CT molecular complexity index is 998. The van der Waals surface area contributed by atoms with Gasteiger partial charge in [0.2, 0.25) is 5.91 Å². The first kappa shape index (κ1) is 23.5. The Morgan fingerprint density at radius 1 is 0.944 bits per heavy atom. The Kier molecular flexibility index (Phi) is 5.36. The molecule has 4 nitrogen and oxygen atoms in total. The highest BCUT2D eigenvalue weighted by Crippen LogP contribution is 2.66. The van der Waals surface area contributed by atoms with E-state index in [-0.39, 0.29) is 22.7 Å². The number of ether oxygens (including phenoxy) is 1. The Morgan fingerprint density at radius 2 is 1.67 bits per heavy atom. The molecule has 0 unspecified atom stereocenters. The zero-order chi connectivity index (χ0) is 24.8. The summed E-state index contributed by atoms with van der Waals surface area (Å²) in [6.45, 7) is 4.92. The third kappa shape index (κ3) is 3.30. The lowest BCUT2D eigenvalue weighted by atomic mass is 9.48. The molecule has 0 aromatic rings. The molecule has 36 heavy (non-hydrogen) atoms. The fourth-order valence-corrected chi connectivity index (χ4v) is 11.5. The molecule has 0 saturated heterocycles. The summed E-state index contributed by atoms with van der Waals surface area (Å²) in [7, 11) is 1.49. The van der Waals surface area contributed by atoms with Crippen molar-refractivity contribution in [1.29, 1.82) is 0 Å². The van der Waals surface area contributed by atoms with E-state index in [1.54, 1.807) is 0 Å². The predicted octanol–water partition coefficient (Wildman–Crippen LogP) is 6.22. The molecule has 8 aliphatic rings. The molecule has 196 valence electrons. The van der Waals surface area contributed by atoms with E-state index in [1.807, 2.05) is 0 Å². The molecular formula is C32H45NO3. The van der Waals surface area contributed by atoms with Crippen LogP contribution in [0.3, 0.4) is 0 Å². The summed E-state index contributed by atoms with van der Waals surface area (Å²) in [5.41, 5.74) is 2.50. The van der Waals surface area contributed by atoms with Crippen LogP contribution in [0.15, 0.2) is 23.3 Å². The van der Waals surface area contributed by atoms with E-state index in [2.05, 4.69) is 31.3 Å². The molecule has 6 atom stereocenters. The summed E-state index contributed by atoms with van der Waals surface area (Å²) < 4.78 is 5.03. The Hall–Kier alpha value is -1.58. The summed E-state index contributed by atoms with van der Waals surface area (Å²) in [5, 5.41) is 3.71. The second kappa shape index (κ2) is 8.21. The van der Waals surface area contributed by atoms with E-state index in [0.717, 1.165) is 54.9 Å². The lowest BCUT2D eigenvalue weighted by Crippen LogP contribution is -2.58. The van der Waals surface area contributed by atoms with E-state index in [0.29, 0.717) is 29.7 Å². The van der Waals surface area contributed by atoms with Crippen LogP contribution < -0.4 is 5.32 Å². The van der Waals surface area contributed by atoms with Crippen LogP contribution in [0.1, 0.15) is 90.9 Å². The molecule has 0 aromatic heterocycles. The minimum Gasteiger partial charge on any atom is -0.466 e. The number of carbonyl (C=O) groups excluding carboxylic acids is 2. The summed E-state index contributed by atoms with van der Waals surface area (Å²) >= 11 is 0. The summed E-state index contributed by atoms with van der Waals surface area (Å²) in [5.74, 6) is 5.81. The Labute approximate surface area is 217 Å². The van der Waals surface area contributed by atoms with Gasteiger partial charge in [-0.25, -0.2) is 4.79 Å². The van der Waals surface area contributed by atoms with Crippen LogP contribution in [0.25, 0.3) is 0 Å². The molecule has 6 saturated carbocycles. The maximum atomic E-state index is 13.9. The Balaban J connectivity index is 1.09. The molecular weight excluding hydrogens is 446 g/mol. The first-order valence-electron chi connectivity index (χ1n) is 15.1. The molecule has 0 aromatic carbocycles. The van der Waals surface area contributed by atoms with Crippen molar-refractivity contribution < 1.29 is 14.3 Å².